The zero-order valence-electron chi connectivity index (χ0n) is 18.9. The highest BCUT2D eigenvalue weighted by Crippen LogP contribution is 2.43. The second kappa shape index (κ2) is 8.15. The molecule has 1 fully saturated rings. The number of fused-ring (bicyclic) bond motifs is 3. The number of aromatic nitrogens is 3. The fraction of sp³-hybridized carbons (Fsp3) is 0.462. The Morgan fingerprint density at radius 2 is 2.03 bits per heavy atom. The summed E-state index contributed by atoms with van der Waals surface area (Å²) in [6.45, 7) is 5.70. The maximum Gasteiger partial charge on any atom is 0.242 e. The lowest BCUT2D eigenvalue weighted by atomic mass is 9.77. The van der Waals surface area contributed by atoms with Gasteiger partial charge in [0.05, 0.1) is 5.69 Å². The lowest BCUT2D eigenvalue weighted by molar-refractivity contribution is -0.134. The van der Waals surface area contributed by atoms with Crippen LogP contribution in [0.2, 0.25) is 0 Å². The molecule has 6 heteroatoms. The minimum atomic E-state index is -0.0437. The summed E-state index contributed by atoms with van der Waals surface area (Å²) in [4.78, 5) is 37.3. The van der Waals surface area contributed by atoms with Gasteiger partial charge in [0, 0.05) is 53.8 Å². The standard InChI is InChI=1S/C26H30N4O2/c1-3-7-23(31)21-15-30(22-9-5-4-8-20(21)22)16-24(32)29-13-6-11-26(17-29)12-10-19-14-27-18(2)28-25(19)26/h4-5,8-9,14-15H,3,6-7,10-13,16-17H2,1-2H3. The van der Waals surface area contributed by atoms with E-state index in [9.17, 15) is 9.59 Å². The van der Waals surface area contributed by atoms with E-state index in [0.29, 0.717) is 6.42 Å². The van der Waals surface area contributed by atoms with Crippen LogP contribution >= 0.6 is 0 Å². The van der Waals surface area contributed by atoms with E-state index >= 15 is 0 Å². The lowest BCUT2D eigenvalue weighted by Crippen LogP contribution is -2.48. The monoisotopic (exact) mass is 430 g/mol. The van der Waals surface area contributed by atoms with Crippen LogP contribution in [0.5, 0.6) is 0 Å². The van der Waals surface area contributed by atoms with Gasteiger partial charge in [0.15, 0.2) is 5.78 Å². The van der Waals surface area contributed by atoms with Crippen molar-refractivity contribution >= 4 is 22.6 Å². The predicted octanol–water partition coefficient (Wildman–Crippen LogP) is 4.23. The van der Waals surface area contributed by atoms with Crippen molar-refractivity contribution in [2.24, 2.45) is 0 Å². The number of carbonyl (C=O) groups excluding carboxylic acids is 2. The Kier molecular flexibility index (Phi) is 5.31. The largest absolute Gasteiger partial charge is 0.340 e. The van der Waals surface area contributed by atoms with Gasteiger partial charge < -0.3 is 9.47 Å². The highest BCUT2D eigenvalue weighted by atomic mass is 16.2. The minimum Gasteiger partial charge on any atom is -0.340 e. The van der Waals surface area contributed by atoms with Crippen LogP contribution in [0.1, 0.15) is 66.5 Å². The third kappa shape index (κ3) is 3.51. The van der Waals surface area contributed by atoms with Gasteiger partial charge >= 0.3 is 0 Å². The fourth-order valence-electron chi connectivity index (χ4n) is 5.58. The van der Waals surface area contributed by atoms with Crippen molar-refractivity contribution in [3.8, 4) is 0 Å². The molecule has 6 nitrogen and oxygen atoms in total. The molecule has 1 aromatic carbocycles. The second-order valence-corrected chi connectivity index (χ2v) is 9.35. The van der Waals surface area contributed by atoms with Crippen LogP contribution in [0, 0.1) is 6.92 Å². The molecular formula is C26H30N4O2. The Bertz CT molecular complexity index is 1190. The summed E-state index contributed by atoms with van der Waals surface area (Å²) in [5.41, 5.74) is 4.02. The molecule has 32 heavy (non-hydrogen) atoms. The van der Waals surface area contributed by atoms with Gasteiger partial charge in [0.25, 0.3) is 0 Å². The van der Waals surface area contributed by atoms with Gasteiger partial charge in [0.1, 0.15) is 12.4 Å². The highest BCUT2D eigenvalue weighted by molar-refractivity contribution is 6.08. The van der Waals surface area contributed by atoms with E-state index in [0.717, 1.165) is 73.2 Å². The number of carbonyl (C=O) groups is 2. The van der Waals surface area contributed by atoms with Crippen LogP contribution in [0.4, 0.5) is 0 Å². The molecule has 1 spiro atoms. The predicted molar refractivity (Wildman–Crippen MR) is 124 cm³/mol. The number of nitrogens with zero attached hydrogens (tertiary/aromatic N) is 4. The van der Waals surface area contributed by atoms with Gasteiger partial charge in [-0.3, -0.25) is 9.59 Å². The molecule has 5 rings (SSSR count). The summed E-state index contributed by atoms with van der Waals surface area (Å²) in [5.74, 6) is 1.06. The number of hydrogen-bond donors (Lipinski definition) is 0. The summed E-state index contributed by atoms with van der Waals surface area (Å²) in [7, 11) is 0. The molecule has 2 aromatic heterocycles. The van der Waals surface area contributed by atoms with E-state index < -0.39 is 0 Å². The average Bonchev–Trinajstić information content (AvgIpc) is 3.33. The molecule has 1 saturated heterocycles. The Hall–Kier alpha value is -3.02. The van der Waals surface area contributed by atoms with Gasteiger partial charge in [-0.1, -0.05) is 25.1 Å². The van der Waals surface area contributed by atoms with Gasteiger partial charge in [-0.25, -0.2) is 9.97 Å². The van der Waals surface area contributed by atoms with Crippen molar-refractivity contribution in [1.29, 1.82) is 0 Å². The maximum atomic E-state index is 13.4. The van der Waals surface area contributed by atoms with E-state index in [2.05, 4.69) is 4.98 Å². The maximum absolute atomic E-state index is 13.4. The van der Waals surface area contributed by atoms with E-state index in [-0.39, 0.29) is 23.7 Å². The molecule has 1 atom stereocenters. The van der Waals surface area contributed by atoms with Crippen molar-refractivity contribution < 1.29 is 9.59 Å². The van der Waals surface area contributed by atoms with Crippen LogP contribution in [0.25, 0.3) is 10.9 Å². The summed E-state index contributed by atoms with van der Waals surface area (Å²) in [6, 6.07) is 7.89. The molecule has 0 radical (unpaired) electrons. The number of likely N-dealkylation sites (tertiary alicyclic amines) is 1. The number of para-hydroxylation sites is 1. The number of amides is 1. The number of rotatable bonds is 5. The molecule has 3 heterocycles. The molecule has 0 saturated carbocycles. The summed E-state index contributed by atoms with van der Waals surface area (Å²) in [6.07, 6.45) is 9.27. The minimum absolute atomic E-state index is 0.0437. The zero-order chi connectivity index (χ0) is 22.3. The molecule has 2 aliphatic rings. The Morgan fingerprint density at radius 3 is 2.88 bits per heavy atom. The molecule has 1 aliphatic heterocycles. The second-order valence-electron chi connectivity index (χ2n) is 9.35. The van der Waals surface area contributed by atoms with Crippen molar-refractivity contribution in [1.82, 2.24) is 19.4 Å². The first-order chi connectivity index (χ1) is 15.5. The van der Waals surface area contributed by atoms with Crippen LogP contribution in [-0.4, -0.2) is 44.2 Å². The summed E-state index contributed by atoms with van der Waals surface area (Å²) < 4.78 is 1.96. The van der Waals surface area contributed by atoms with Crippen molar-refractivity contribution in [3.05, 3.63) is 59.3 Å². The SMILES string of the molecule is CCCC(=O)c1cn(CC(=O)N2CCCC3(CCc4cnc(C)nc43)C2)c2ccccc12. The fourth-order valence-corrected chi connectivity index (χ4v) is 5.58. The number of hydrogen-bond acceptors (Lipinski definition) is 4. The summed E-state index contributed by atoms with van der Waals surface area (Å²) >= 11 is 0. The first-order valence-electron chi connectivity index (χ1n) is 11.7. The number of Topliss-reactive ketones (excluding diaryl/α,β-unsaturated/α-hetero) is 1. The van der Waals surface area contributed by atoms with Crippen molar-refractivity contribution in [3.63, 3.8) is 0 Å². The number of piperidine rings is 1. The van der Waals surface area contributed by atoms with E-state index in [1.807, 2.05) is 60.0 Å². The highest BCUT2D eigenvalue weighted by Gasteiger charge is 2.44. The van der Waals surface area contributed by atoms with E-state index in [1.165, 1.54) is 5.56 Å². The molecule has 1 aliphatic carbocycles. The smallest absolute Gasteiger partial charge is 0.242 e. The zero-order valence-corrected chi connectivity index (χ0v) is 18.9. The number of aryl methyl sites for hydroxylation is 2. The number of benzene rings is 1. The van der Waals surface area contributed by atoms with Gasteiger partial charge in [-0.15, -0.1) is 0 Å². The normalized spacial score (nSPS) is 20.1. The van der Waals surface area contributed by atoms with E-state index in [1.54, 1.807) is 0 Å². The molecule has 3 aromatic rings. The van der Waals surface area contributed by atoms with Crippen LogP contribution in [-0.2, 0) is 23.2 Å². The van der Waals surface area contributed by atoms with Crippen LogP contribution < -0.4 is 0 Å². The van der Waals surface area contributed by atoms with Gasteiger partial charge in [0.2, 0.25) is 5.91 Å². The molecule has 0 N–H and O–H groups in total. The van der Waals surface area contributed by atoms with Crippen LogP contribution in [0.3, 0.4) is 0 Å². The topological polar surface area (TPSA) is 68.1 Å². The molecule has 1 amide bonds. The average molecular weight is 431 g/mol. The lowest BCUT2D eigenvalue weighted by Gasteiger charge is -2.40. The Morgan fingerprint density at radius 1 is 1.19 bits per heavy atom. The Labute approximate surface area is 188 Å². The quantitative estimate of drug-likeness (QED) is 0.568. The van der Waals surface area contributed by atoms with Gasteiger partial charge in [-0.2, -0.15) is 0 Å². The third-order valence-corrected chi connectivity index (χ3v) is 7.16. The van der Waals surface area contributed by atoms with Gasteiger partial charge in [-0.05, 0) is 50.7 Å². The first-order valence-corrected chi connectivity index (χ1v) is 11.7. The van der Waals surface area contributed by atoms with Crippen LogP contribution in [0.15, 0.2) is 36.7 Å². The van der Waals surface area contributed by atoms with Crippen molar-refractivity contribution in [2.45, 2.75) is 64.3 Å². The van der Waals surface area contributed by atoms with E-state index in [4.69, 9.17) is 4.98 Å². The Balaban J connectivity index is 1.40. The number of ketones is 1. The molecule has 0 bridgehead atoms. The molecule has 1 unspecified atom stereocenters. The third-order valence-electron chi connectivity index (χ3n) is 7.16. The van der Waals surface area contributed by atoms with Crippen molar-refractivity contribution in [2.75, 3.05) is 13.1 Å². The molecule has 166 valence electrons. The molecular weight excluding hydrogens is 400 g/mol. The summed E-state index contributed by atoms with van der Waals surface area (Å²) in [5, 5.41) is 0.936. The first kappa shape index (κ1) is 20.9.